The van der Waals surface area contributed by atoms with Crippen molar-refractivity contribution < 1.29 is 31.8 Å². The second-order valence-corrected chi connectivity index (χ2v) is 4.70. The Morgan fingerprint density at radius 2 is 1.75 bits per heavy atom. The number of nitrogens with one attached hydrogen (secondary N) is 1. The molecule has 24 heavy (non-hydrogen) atoms. The number of halogens is 4. The number of hydrogen-bond donors (Lipinski definition) is 1. The van der Waals surface area contributed by atoms with E-state index < -0.39 is 30.3 Å². The van der Waals surface area contributed by atoms with Gasteiger partial charge in [0.05, 0.1) is 5.69 Å². The van der Waals surface area contributed by atoms with E-state index in [1.165, 1.54) is 31.2 Å². The lowest BCUT2D eigenvalue weighted by molar-refractivity contribution is -0.122. The first kappa shape index (κ1) is 17.6. The van der Waals surface area contributed by atoms with Gasteiger partial charge < -0.3 is 14.8 Å². The van der Waals surface area contributed by atoms with Gasteiger partial charge in [-0.3, -0.25) is 4.79 Å². The number of hydrogen-bond acceptors (Lipinski definition) is 3. The quantitative estimate of drug-likeness (QED) is 0.808. The summed E-state index contributed by atoms with van der Waals surface area (Å²) in [4.78, 5) is 12.1. The molecule has 0 aliphatic heterocycles. The molecule has 0 fully saturated rings. The van der Waals surface area contributed by atoms with E-state index in [1.807, 2.05) is 0 Å². The minimum absolute atomic E-state index is 0.0311. The monoisotopic (exact) mass is 343 g/mol. The lowest BCUT2D eigenvalue weighted by atomic mass is 10.2. The molecule has 1 atom stereocenters. The molecule has 2 aromatic rings. The molecule has 1 N–H and O–H groups in total. The van der Waals surface area contributed by atoms with Crippen LogP contribution < -0.4 is 14.8 Å². The average molecular weight is 343 g/mol. The van der Waals surface area contributed by atoms with Crippen LogP contribution in [0.2, 0.25) is 0 Å². The summed E-state index contributed by atoms with van der Waals surface area (Å²) < 4.78 is 60.1. The normalized spacial score (nSPS) is 11.9. The second-order valence-electron chi connectivity index (χ2n) is 4.70. The molecule has 0 saturated carbocycles. The van der Waals surface area contributed by atoms with Gasteiger partial charge in [-0.2, -0.15) is 8.78 Å². The van der Waals surface area contributed by atoms with Crippen LogP contribution in [-0.2, 0) is 4.79 Å². The molecule has 0 unspecified atom stereocenters. The standard InChI is InChI=1S/C16H13F4NO3/c1-9(23-10-6-7-11(17)12(18)8-10)15(22)21-13-4-2-3-5-14(13)24-16(19)20/h2-9,16H,1H3,(H,21,22)/t9-/m0/s1. The third-order valence-electron chi connectivity index (χ3n) is 2.93. The van der Waals surface area contributed by atoms with Crippen LogP contribution in [-0.4, -0.2) is 18.6 Å². The number of rotatable bonds is 6. The van der Waals surface area contributed by atoms with Gasteiger partial charge in [-0.1, -0.05) is 12.1 Å². The zero-order valence-electron chi connectivity index (χ0n) is 12.4. The van der Waals surface area contributed by atoms with Crippen LogP contribution in [0.15, 0.2) is 42.5 Å². The number of amides is 1. The first-order valence-corrected chi connectivity index (χ1v) is 6.83. The predicted molar refractivity (Wildman–Crippen MR) is 78.2 cm³/mol. The van der Waals surface area contributed by atoms with Crippen molar-refractivity contribution in [2.75, 3.05) is 5.32 Å². The summed E-state index contributed by atoms with van der Waals surface area (Å²) in [6, 6.07) is 8.45. The van der Waals surface area contributed by atoms with E-state index in [-0.39, 0.29) is 17.2 Å². The van der Waals surface area contributed by atoms with Gasteiger partial charge in [-0.25, -0.2) is 8.78 Å². The van der Waals surface area contributed by atoms with Crippen LogP contribution >= 0.6 is 0 Å². The number of benzene rings is 2. The van der Waals surface area contributed by atoms with Crippen LogP contribution in [0.3, 0.4) is 0 Å². The smallest absolute Gasteiger partial charge is 0.387 e. The van der Waals surface area contributed by atoms with Crippen molar-refractivity contribution in [3.05, 3.63) is 54.1 Å². The molecule has 0 aliphatic rings. The van der Waals surface area contributed by atoms with Gasteiger partial charge in [-0.05, 0) is 31.2 Å². The molecule has 4 nitrogen and oxygen atoms in total. The number of para-hydroxylation sites is 2. The third-order valence-corrected chi connectivity index (χ3v) is 2.93. The van der Waals surface area contributed by atoms with Gasteiger partial charge in [0.2, 0.25) is 0 Å². The molecule has 1 amide bonds. The van der Waals surface area contributed by atoms with Crippen molar-refractivity contribution in [2.45, 2.75) is 19.6 Å². The van der Waals surface area contributed by atoms with Crippen LogP contribution in [0.5, 0.6) is 11.5 Å². The van der Waals surface area contributed by atoms with E-state index in [4.69, 9.17) is 4.74 Å². The Hall–Kier alpha value is -2.77. The number of alkyl halides is 2. The molecular weight excluding hydrogens is 330 g/mol. The van der Waals surface area contributed by atoms with Crippen molar-refractivity contribution >= 4 is 11.6 Å². The largest absolute Gasteiger partial charge is 0.481 e. The molecule has 0 aliphatic carbocycles. The Balaban J connectivity index is 2.05. The highest BCUT2D eigenvalue weighted by Gasteiger charge is 2.18. The minimum atomic E-state index is -3.04. The number of carbonyl (C=O) groups excluding carboxylic acids is 1. The van der Waals surface area contributed by atoms with Gasteiger partial charge in [-0.15, -0.1) is 0 Å². The van der Waals surface area contributed by atoms with Crippen LogP contribution in [0.25, 0.3) is 0 Å². The van der Waals surface area contributed by atoms with Crippen molar-refractivity contribution in [1.82, 2.24) is 0 Å². The number of anilines is 1. The van der Waals surface area contributed by atoms with Gasteiger partial charge in [0.15, 0.2) is 17.7 Å². The summed E-state index contributed by atoms with van der Waals surface area (Å²) in [6.45, 7) is -1.67. The Kier molecular flexibility index (Phi) is 5.62. The molecule has 0 bridgehead atoms. The van der Waals surface area contributed by atoms with E-state index in [1.54, 1.807) is 0 Å². The summed E-state index contributed by atoms with van der Waals surface area (Å²) in [6.07, 6.45) is -1.09. The molecule has 128 valence electrons. The first-order chi connectivity index (χ1) is 11.4. The Bertz CT molecular complexity index is 724. The summed E-state index contributed by atoms with van der Waals surface area (Å²) in [5.41, 5.74) is 0.0311. The van der Waals surface area contributed by atoms with Crippen LogP contribution in [0.1, 0.15) is 6.92 Å². The van der Waals surface area contributed by atoms with Gasteiger partial charge in [0.25, 0.3) is 5.91 Å². The maximum Gasteiger partial charge on any atom is 0.387 e. The minimum Gasteiger partial charge on any atom is -0.481 e. The summed E-state index contributed by atoms with van der Waals surface area (Å²) in [5.74, 6) is -3.09. The zero-order valence-corrected chi connectivity index (χ0v) is 12.4. The Morgan fingerprint density at radius 1 is 1.04 bits per heavy atom. The molecular formula is C16H13F4NO3. The summed E-state index contributed by atoms with van der Waals surface area (Å²) >= 11 is 0. The van der Waals surface area contributed by atoms with Crippen molar-refractivity contribution in [1.29, 1.82) is 0 Å². The highest BCUT2D eigenvalue weighted by Crippen LogP contribution is 2.26. The van der Waals surface area contributed by atoms with Crippen molar-refractivity contribution in [3.8, 4) is 11.5 Å². The fraction of sp³-hybridized carbons (Fsp3) is 0.188. The molecule has 0 heterocycles. The number of carbonyl (C=O) groups is 1. The zero-order chi connectivity index (χ0) is 17.7. The van der Waals surface area contributed by atoms with Gasteiger partial charge >= 0.3 is 6.61 Å². The van der Waals surface area contributed by atoms with Crippen LogP contribution in [0.4, 0.5) is 23.2 Å². The fourth-order valence-corrected chi connectivity index (χ4v) is 1.81. The van der Waals surface area contributed by atoms with Crippen LogP contribution in [0, 0.1) is 11.6 Å². The van der Waals surface area contributed by atoms with E-state index in [9.17, 15) is 22.4 Å². The summed E-state index contributed by atoms with van der Waals surface area (Å²) in [5, 5.41) is 2.37. The van der Waals surface area contributed by atoms with E-state index >= 15 is 0 Å². The molecule has 0 spiro atoms. The molecule has 2 aromatic carbocycles. The maximum atomic E-state index is 13.1. The first-order valence-electron chi connectivity index (χ1n) is 6.83. The second kappa shape index (κ2) is 7.67. The molecule has 0 radical (unpaired) electrons. The van der Waals surface area contributed by atoms with Crippen molar-refractivity contribution in [3.63, 3.8) is 0 Å². The highest BCUT2D eigenvalue weighted by atomic mass is 19.3. The van der Waals surface area contributed by atoms with E-state index in [2.05, 4.69) is 10.1 Å². The maximum absolute atomic E-state index is 13.1. The van der Waals surface area contributed by atoms with Gasteiger partial charge in [0.1, 0.15) is 11.5 Å². The highest BCUT2D eigenvalue weighted by molar-refractivity contribution is 5.95. The summed E-state index contributed by atoms with van der Waals surface area (Å²) in [7, 11) is 0. The fourth-order valence-electron chi connectivity index (χ4n) is 1.81. The van der Waals surface area contributed by atoms with Gasteiger partial charge in [0, 0.05) is 6.07 Å². The Labute approximate surface area is 135 Å². The molecule has 2 rings (SSSR count). The van der Waals surface area contributed by atoms with E-state index in [0.717, 1.165) is 18.2 Å². The number of ether oxygens (including phenoxy) is 2. The Morgan fingerprint density at radius 3 is 2.42 bits per heavy atom. The SMILES string of the molecule is C[C@H](Oc1ccc(F)c(F)c1)C(=O)Nc1ccccc1OC(F)F. The molecule has 8 heteroatoms. The third kappa shape index (κ3) is 4.61. The van der Waals surface area contributed by atoms with Crippen molar-refractivity contribution in [2.24, 2.45) is 0 Å². The molecule has 0 saturated heterocycles. The van der Waals surface area contributed by atoms with E-state index in [0.29, 0.717) is 0 Å². The lowest BCUT2D eigenvalue weighted by Crippen LogP contribution is -2.30. The topological polar surface area (TPSA) is 47.6 Å². The average Bonchev–Trinajstić information content (AvgIpc) is 2.52. The molecule has 0 aromatic heterocycles. The lowest BCUT2D eigenvalue weighted by Gasteiger charge is -2.16. The predicted octanol–water partition coefficient (Wildman–Crippen LogP) is 3.97.